The first kappa shape index (κ1) is 28.2. The van der Waals surface area contributed by atoms with Crippen molar-refractivity contribution in [3.05, 3.63) is 51.7 Å². The van der Waals surface area contributed by atoms with Gasteiger partial charge in [-0.15, -0.1) is 21.5 Å². The molecule has 1 aromatic carbocycles. The van der Waals surface area contributed by atoms with Crippen molar-refractivity contribution >= 4 is 45.9 Å². The number of nitrogens with zero attached hydrogens (tertiary/aromatic N) is 4. The number of ether oxygens (including phenoxy) is 2. The van der Waals surface area contributed by atoms with Crippen molar-refractivity contribution < 1.29 is 23.9 Å². The molecule has 0 aliphatic rings. The Balaban J connectivity index is 1.73. The predicted molar refractivity (Wildman–Crippen MR) is 144 cm³/mol. The standard InChI is InChI=1S/C25H31N5O5S2/c1-8-30-21(16(4)35-17-11-9-10-14(2)12-17)27-28-25(30)36-13-18(31)26-22-19(24(33)34-7)15(3)20(37-22)23(32)29(5)6/h9-12,16H,8,13H2,1-7H3,(H,26,31). The molecule has 3 rings (SSSR count). The first-order valence-corrected chi connectivity index (χ1v) is 13.4. The fourth-order valence-electron chi connectivity index (χ4n) is 3.60. The van der Waals surface area contributed by atoms with Crippen LogP contribution in [0.1, 0.15) is 56.9 Å². The molecule has 37 heavy (non-hydrogen) atoms. The molecule has 1 unspecified atom stereocenters. The minimum Gasteiger partial charge on any atom is -0.483 e. The Bertz CT molecular complexity index is 1300. The number of aromatic nitrogens is 3. The van der Waals surface area contributed by atoms with E-state index in [1.54, 1.807) is 21.0 Å². The highest BCUT2D eigenvalue weighted by Gasteiger charge is 2.27. The lowest BCUT2D eigenvalue weighted by Gasteiger charge is -2.16. The molecule has 2 aromatic heterocycles. The van der Waals surface area contributed by atoms with E-state index in [9.17, 15) is 14.4 Å². The van der Waals surface area contributed by atoms with Gasteiger partial charge < -0.3 is 24.3 Å². The second-order valence-electron chi connectivity index (χ2n) is 8.45. The molecule has 0 aliphatic heterocycles. The molecule has 0 radical (unpaired) electrons. The van der Waals surface area contributed by atoms with E-state index in [1.165, 1.54) is 23.8 Å². The summed E-state index contributed by atoms with van der Waals surface area (Å²) in [6.07, 6.45) is -0.346. The maximum atomic E-state index is 12.8. The second-order valence-corrected chi connectivity index (χ2v) is 10.4. The van der Waals surface area contributed by atoms with Crippen LogP contribution in [-0.2, 0) is 16.1 Å². The summed E-state index contributed by atoms with van der Waals surface area (Å²) in [5.41, 5.74) is 1.74. The SMILES string of the molecule is CCn1c(SCC(=O)Nc2sc(C(=O)N(C)C)c(C)c2C(=O)OC)nnc1C(C)Oc1cccc(C)c1. The number of esters is 1. The lowest BCUT2D eigenvalue weighted by molar-refractivity contribution is -0.113. The highest BCUT2D eigenvalue weighted by Crippen LogP contribution is 2.34. The number of nitrogens with one attached hydrogen (secondary N) is 1. The van der Waals surface area contributed by atoms with E-state index in [-0.39, 0.29) is 34.2 Å². The van der Waals surface area contributed by atoms with Crippen LogP contribution in [-0.4, -0.2) is 64.4 Å². The summed E-state index contributed by atoms with van der Waals surface area (Å²) in [5, 5.41) is 12.2. The maximum Gasteiger partial charge on any atom is 0.341 e. The number of thioether (sulfide) groups is 1. The third kappa shape index (κ3) is 6.50. The fraction of sp³-hybridized carbons (Fsp3) is 0.400. The summed E-state index contributed by atoms with van der Waals surface area (Å²) in [6, 6.07) is 7.78. The van der Waals surface area contributed by atoms with Gasteiger partial charge in [0, 0.05) is 20.6 Å². The van der Waals surface area contributed by atoms with Gasteiger partial charge in [-0.25, -0.2) is 4.79 Å². The van der Waals surface area contributed by atoms with Crippen molar-refractivity contribution in [2.75, 3.05) is 32.3 Å². The number of hydrogen-bond donors (Lipinski definition) is 1. The van der Waals surface area contributed by atoms with Gasteiger partial charge in [-0.05, 0) is 51.0 Å². The van der Waals surface area contributed by atoms with Gasteiger partial charge in [0.05, 0.1) is 23.3 Å². The van der Waals surface area contributed by atoms with Gasteiger partial charge in [0.2, 0.25) is 5.91 Å². The number of carbonyl (C=O) groups excluding carboxylic acids is 3. The number of methoxy groups -OCH3 is 1. The van der Waals surface area contributed by atoms with Gasteiger partial charge in [0.15, 0.2) is 17.1 Å². The van der Waals surface area contributed by atoms with Crippen LogP contribution in [0.5, 0.6) is 5.75 Å². The molecule has 1 atom stereocenters. The number of aryl methyl sites for hydroxylation is 1. The van der Waals surface area contributed by atoms with Crippen molar-refractivity contribution in [1.82, 2.24) is 19.7 Å². The van der Waals surface area contributed by atoms with E-state index in [0.717, 1.165) is 22.6 Å². The van der Waals surface area contributed by atoms with Gasteiger partial charge in [-0.3, -0.25) is 9.59 Å². The predicted octanol–water partition coefficient (Wildman–Crippen LogP) is 4.34. The van der Waals surface area contributed by atoms with Crippen molar-refractivity contribution in [3.8, 4) is 5.75 Å². The smallest absolute Gasteiger partial charge is 0.341 e. The summed E-state index contributed by atoms with van der Waals surface area (Å²) in [7, 11) is 4.51. The van der Waals surface area contributed by atoms with Crippen molar-refractivity contribution in [3.63, 3.8) is 0 Å². The van der Waals surface area contributed by atoms with Crippen molar-refractivity contribution in [1.29, 1.82) is 0 Å². The summed E-state index contributed by atoms with van der Waals surface area (Å²) in [5.74, 6) is 0.198. The van der Waals surface area contributed by atoms with Crippen molar-refractivity contribution in [2.45, 2.75) is 45.5 Å². The maximum absolute atomic E-state index is 12.8. The van der Waals surface area contributed by atoms with Crippen LogP contribution in [0.15, 0.2) is 29.4 Å². The van der Waals surface area contributed by atoms with Gasteiger partial charge >= 0.3 is 5.97 Å². The number of carbonyl (C=O) groups is 3. The van der Waals surface area contributed by atoms with Gasteiger partial charge in [-0.2, -0.15) is 0 Å². The Morgan fingerprint density at radius 3 is 2.57 bits per heavy atom. The molecule has 12 heteroatoms. The zero-order chi connectivity index (χ0) is 27.3. The molecule has 0 saturated heterocycles. The summed E-state index contributed by atoms with van der Waals surface area (Å²) < 4.78 is 12.8. The van der Waals surface area contributed by atoms with Crippen LogP contribution in [0, 0.1) is 13.8 Å². The Hall–Kier alpha value is -3.38. The molecule has 3 aromatic rings. The zero-order valence-electron chi connectivity index (χ0n) is 21.9. The number of benzene rings is 1. The molecule has 198 valence electrons. The van der Waals surface area contributed by atoms with Crippen molar-refractivity contribution in [2.24, 2.45) is 0 Å². The minimum atomic E-state index is -0.618. The molecule has 0 bridgehead atoms. The van der Waals surface area contributed by atoms with E-state index >= 15 is 0 Å². The van der Waals surface area contributed by atoms with Crippen LogP contribution < -0.4 is 10.1 Å². The highest BCUT2D eigenvalue weighted by atomic mass is 32.2. The van der Waals surface area contributed by atoms with E-state index in [1.807, 2.05) is 49.6 Å². The van der Waals surface area contributed by atoms with Crippen LogP contribution in [0.2, 0.25) is 0 Å². The molecule has 10 nitrogen and oxygen atoms in total. The fourth-order valence-corrected chi connectivity index (χ4v) is 5.64. The number of thiophene rings is 1. The van der Waals surface area contributed by atoms with Gasteiger partial charge in [0.25, 0.3) is 5.91 Å². The average Bonchev–Trinajstić information content (AvgIpc) is 3.42. The van der Waals surface area contributed by atoms with Gasteiger partial charge in [-0.1, -0.05) is 23.9 Å². The molecule has 1 N–H and O–H groups in total. The van der Waals surface area contributed by atoms with Crippen LogP contribution in [0.4, 0.5) is 5.00 Å². The van der Waals surface area contributed by atoms with E-state index < -0.39 is 5.97 Å². The first-order valence-electron chi connectivity index (χ1n) is 11.6. The molecule has 2 heterocycles. The molecule has 0 spiro atoms. The largest absolute Gasteiger partial charge is 0.483 e. The normalized spacial score (nSPS) is 11.6. The Labute approximate surface area is 224 Å². The lowest BCUT2D eigenvalue weighted by Crippen LogP contribution is -2.21. The Kier molecular flexibility index (Phi) is 9.33. The quantitative estimate of drug-likeness (QED) is 0.296. The topological polar surface area (TPSA) is 116 Å². The lowest BCUT2D eigenvalue weighted by atomic mass is 10.1. The number of amides is 2. The Morgan fingerprint density at radius 1 is 1.22 bits per heavy atom. The monoisotopic (exact) mass is 545 g/mol. The Morgan fingerprint density at radius 2 is 1.95 bits per heavy atom. The summed E-state index contributed by atoms with van der Waals surface area (Å²) in [6.45, 7) is 8.13. The molecule has 0 aliphatic carbocycles. The van der Waals surface area contributed by atoms with E-state index in [0.29, 0.717) is 28.0 Å². The van der Waals surface area contributed by atoms with Crippen LogP contribution in [0.25, 0.3) is 0 Å². The van der Waals surface area contributed by atoms with Crippen LogP contribution >= 0.6 is 23.1 Å². The summed E-state index contributed by atoms with van der Waals surface area (Å²) in [4.78, 5) is 39.5. The molecular formula is C25H31N5O5S2. The third-order valence-corrected chi connectivity index (χ3v) is 7.61. The number of anilines is 1. The number of rotatable bonds is 10. The molecule has 0 fully saturated rings. The van der Waals surface area contributed by atoms with E-state index in [4.69, 9.17) is 9.47 Å². The van der Waals surface area contributed by atoms with E-state index in [2.05, 4.69) is 15.5 Å². The molecule has 0 saturated carbocycles. The summed E-state index contributed by atoms with van der Waals surface area (Å²) >= 11 is 2.27. The molecular weight excluding hydrogens is 514 g/mol. The number of hydrogen-bond acceptors (Lipinski definition) is 9. The minimum absolute atomic E-state index is 0.0276. The molecule has 2 amide bonds. The zero-order valence-corrected chi connectivity index (χ0v) is 23.6. The van der Waals surface area contributed by atoms with Gasteiger partial charge in [0.1, 0.15) is 10.8 Å². The van der Waals surface area contributed by atoms with Crippen LogP contribution in [0.3, 0.4) is 0 Å². The first-order chi connectivity index (χ1) is 17.6. The second kappa shape index (κ2) is 12.2. The third-order valence-electron chi connectivity index (χ3n) is 5.45. The highest BCUT2D eigenvalue weighted by molar-refractivity contribution is 7.99. The average molecular weight is 546 g/mol.